The van der Waals surface area contributed by atoms with Gasteiger partial charge in [0.2, 0.25) is 5.91 Å². The molecule has 16 heavy (non-hydrogen) atoms. The fourth-order valence-electron chi connectivity index (χ4n) is 1.49. The summed E-state index contributed by atoms with van der Waals surface area (Å²) in [6.45, 7) is 7.86. The van der Waals surface area contributed by atoms with Crippen molar-refractivity contribution in [2.75, 3.05) is 13.1 Å². The summed E-state index contributed by atoms with van der Waals surface area (Å²) >= 11 is 0. The number of nitrogens with two attached hydrogens (primary N) is 1. The summed E-state index contributed by atoms with van der Waals surface area (Å²) in [6, 6.07) is -0.305. The number of carboxylic acids is 1. The van der Waals surface area contributed by atoms with Gasteiger partial charge in [-0.2, -0.15) is 0 Å². The minimum Gasteiger partial charge on any atom is -0.481 e. The van der Waals surface area contributed by atoms with Gasteiger partial charge in [0.15, 0.2) is 0 Å². The number of rotatable bonds is 6. The van der Waals surface area contributed by atoms with Gasteiger partial charge in [-0.1, -0.05) is 0 Å². The van der Waals surface area contributed by atoms with Crippen molar-refractivity contribution < 1.29 is 14.7 Å². The zero-order chi connectivity index (χ0) is 12.9. The normalized spacial score (nSPS) is 13.3. The molecule has 0 spiro atoms. The van der Waals surface area contributed by atoms with Crippen LogP contribution in [0.15, 0.2) is 0 Å². The average Bonchev–Trinajstić information content (AvgIpc) is 2.17. The zero-order valence-corrected chi connectivity index (χ0v) is 10.5. The number of hydrogen-bond acceptors (Lipinski definition) is 3. The molecule has 0 aliphatic rings. The topological polar surface area (TPSA) is 83.6 Å². The largest absolute Gasteiger partial charge is 0.481 e. The van der Waals surface area contributed by atoms with Gasteiger partial charge in [-0.25, -0.2) is 0 Å². The highest BCUT2D eigenvalue weighted by Gasteiger charge is 2.32. The van der Waals surface area contributed by atoms with Gasteiger partial charge in [-0.15, -0.1) is 0 Å². The highest BCUT2D eigenvalue weighted by atomic mass is 16.4. The lowest BCUT2D eigenvalue weighted by Crippen LogP contribution is -2.48. The third-order valence-electron chi connectivity index (χ3n) is 2.69. The molecule has 0 saturated carbocycles. The molecule has 0 fully saturated rings. The molecule has 0 aromatic carbocycles. The van der Waals surface area contributed by atoms with Crippen molar-refractivity contribution in [2.24, 2.45) is 11.1 Å². The molecule has 0 heterocycles. The molecule has 94 valence electrons. The van der Waals surface area contributed by atoms with E-state index in [1.165, 1.54) is 0 Å². The fraction of sp³-hybridized carbons (Fsp3) is 0.818. The van der Waals surface area contributed by atoms with Crippen LogP contribution in [0.3, 0.4) is 0 Å². The number of amides is 1. The third-order valence-corrected chi connectivity index (χ3v) is 2.69. The van der Waals surface area contributed by atoms with Crippen molar-refractivity contribution >= 4 is 11.9 Å². The molecule has 1 atom stereocenters. The van der Waals surface area contributed by atoms with Crippen molar-refractivity contribution in [1.29, 1.82) is 0 Å². The van der Waals surface area contributed by atoms with E-state index in [1.807, 2.05) is 6.92 Å². The van der Waals surface area contributed by atoms with Gasteiger partial charge in [0.25, 0.3) is 0 Å². The lowest BCUT2D eigenvalue weighted by molar-refractivity contribution is -0.144. The Bertz CT molecular complexity index is 264. The molecular formula is C11H22N2O3. The van der Waals surface area contributed by atoms with Gasteiger partial charge in [0, 0.05) is 19.1 Å². The van der Waals surface area contributed by atoms with Gasteiger partial charge >= 0.3 is 5.97 Å². The number of carbonyl (C=O) groups is 2. The van der Waals surface area contributed by atoms with Gasteiger partial charge in [0.1, 0.15) is 0 Å². The molecule has 0 bridgehead atoms. The minimum atomic E-state index is -0.899. The standard InChI is InChI=1S/C11H22N2O3/c1-5-13(8(2)6-9(14)15)10(16)11(3,4)7-12/h8H,5-7,12H2,1-4H3,(H,14,15). The summed E-state index contributed by atoms with van der Waals surface area (Å²) in [5, 5.41) is 8.71. The maximum absolute atomic E-state index is 12.1. The molecule has 0 rings (SSSR count). The number of hydrogen-bond donors (Lipinski definition) is 2. The van der Waals surface area contributed by atoms with Crippen LogP contribution in [0.1, 0.15) is 34.1 Å². The Labute approximate surface area is 96.6 Å². The van der Waals surface area contributed by atoms with Gasteiger partial charge in [-0.05, 0) is 27.7 Å². The van der Waals surface area contributed by atoms with Crippen molar-refractivity contribution in [3.05, 3.63) is 0 Å². The zero-order valence-electron chi connectivity index (χ0n) is 10.5. The molecular weight excluding hydrogens is 208 g/mol. The average molecular weight is 230 g/mol. The Kier molecular flexibility index (Phi) is 5.44. The summed E-state index contributed by atoms with van der Waals surface area (Å²) in [5.74, 6) is -0.990. The highest BCUT2D eigenvalue weighted by Crippen LogP contribution is 2.19. The van der Waals surface area contributed by atoms with E-state index in [0.29, 0.717) is 6.54 Å². The first kappa shape index (κ1) is 14.9. The summed E-state index contributed by atoms with van der Waals surface area (Å²) in [5.41, 5.74) is 4.90. The molecule has 0 aliphatic carbocycles. The first-order valence-electron chi connectivity index (χ1n) is 5.49. The maximum Gasteiger partial charge on any atom is 0.305 e. The van der Waals surface area contributed by atoms with Crippen LogP contribution in [0, 0.1) is 5.41 Å². The number of nitrogens with zero attached hydrogens (tertiary/aromatic N) is 1. The fourth-order valence-corrected chi connectivity index (χ4v) is 1.49. The molecule has 5 nitrogen and oxygen atoms in total. The Morgan fingerprint density at radius 1 is 1.44 bits per heavy atom. The molecule has 0 radical (unpaired) electrons. The van der Waals surface area contributed by atoms with Crippen LogP contribution in [0.4, 0.5) is 0 Å². The van der Waals surface area contributed by atoms with Crippen molar-refractivity contribution in [3.8, 4) is 0 Å². The van der Waals surface area contributed by atoms with Gasteiger partial charge in [-0.3, -0.25) is 9.59 Å². The van der Waals surface area contributed by atoms with E-state index in [9.17, 15) is 9.59 Å². The second-order valence-electron chi connectivity index (χ2n) is 4.63. The quantitative estimate of drug-likeness (QED) is 0.703. The van der Waals surface area contributed by atoms with Crippen LogP contribution in [0.25, 0.3) is 0 Å². The summed E-state index contributed by atoms with van der Waals surface area (Å²) in [6.07, 6.45) is -0.0414. The van der Waals surface area contributed by atoms with Crippen LogP contribution in [0.5, 0.6) is 0 Å². The predicted octanol–water partition coefficient (Wildman–Crippen LogP) is 0.683. The molecule has 1 amide bonds. The van der Waals surface area contributed by atoms with E-state index in [-0.39, 0.29) is 24.9 Å². The minimum absolute atomic E-state index is 0.0414. The Hall–Kier alpha value is -1.10. The first-order valence-corrected chi connectivity index (χ1v) is 5.49. The number of carboxylic acid groups (broad SMARTS) is 1. The summed E-state index contributed by atoms with van der Waals surface area (Å²) in [7, 11) is 0. The Morgan fingerprint density at radius 3 is 2.25 bits per heavy atom. The predicted molar refractivity (Wildman–Crippen MR) is 61.9 cm³/mol. The van der Waals surface area contributed by atoms with E-state index >= 15 is 0 Å². The van der Waals surface area contributed by atoms with Crippen molar-refractivity contribution in [3.63, 3.8) is 0 Å². The lowest BCUT2D eigenvalue weighted by atomic mass is 9.91. The van der Waals surface area contributed by atoms with E-state index in [0.717, 1.165) is 0 Å². The molecule has 0 aromatic heterocycles. The lowest BCUT2D eigenvalue weighted by Gasteiger charge is -2.34. The van der Waals surface area contributed by atoms with E-state index in [2.05, 4.69) is 0 Å². The number of carbonyl (C=O) groups excluding carboxylic acids is 1. The van der Waals surface area contributed by atoms with Crippen molar-refractivity contribution in [2.45, 2.75) is 40.2 Å². The smallest absolute Gasteiger partial charge is 0.305 e. The maximum atomic E-state index is 12.1. The van der Waals surface area contributed by atoms with E-state index < -0.39 is 11.4 Å². The Balaban J connectivity index is 4.73. The second kappa shape index (κ2) is 5.84. The van der Waals surface area contributed by atoms with Crippen LogP contribution < -0.4 is 5.73 Å². The van der Waals surface area contributed by atoms with E-state index in [1.54, 1.807) is 25.7 Å². The SMILES string of the molecule is CCN(C(=O)C(C)(C)CN)C(C)CC(=O)O. The van der Waals surface area contributed by atoms with Gasteiger partial charge in [0.05, 0.1) is 11.8 Å². The summed E-state index contributed by atoms with van der Waals surface area (Å²) < 4.78 is 0. The van der Waals surface area contributed by atoms with Crippen molar-refractivity contribution in [1.82, 2.24) is 4.90 Å². The molecule has 0 aliphatic heterocycles. The van der Waals surface area contributed by atoms with Crippen LogP contribution >= 0.6 is 0 Å². The van der Waals surface area contributed by atoms with Crippen LogP contribution in [0.2, 0.25) is 0 Å². The van der Waals surface area contributed by atoms with Gasteiger partial charge < -0.3 is 15.7 Å². The molecule has 5 heteroatoms. The molecule has 0 aromatic rings. The highest BCUT2D eigenvalue weighted by molar-refractivity contribution is 5.83. The monoisotopic (exact) mass is 230 g/mol. The number of aliphatic carboxylic acids is 1. The van der Waals surface area contributed by atoms with E-state index in [4.69, 9.17) is 10.8 Å². The summed E-state index contributed by atoms with van der Waals surface area (Å²) in [4.78, 5) is 24.3. The third kappa shape index (κ3) is 3.81. The van der Waals surface area contributed by atoms with Crippen LogP contribution in [-0.4, -0.2) is 41.0 Å². The molecule has 0 saturated heterocycles. The second-order valence-corrected chi connectivity index (χ2v) is 4.63. The molecule has 1 unspecified atom stereocenters. The first-order chi connectivity index (χ1) is 7.26. The van der Waals surface area contributed by atoms with Crippen LogP contribution in [-0.2, 0) is 9.59 Å². The Morgan fingerprint density at radius 2 is 1.94 bits per heavy atom. The molecule has 3 N–H and O–H groups in total.